The van der Waals surface area contributed by atoms with Gasteiger partial charge in [-0.05, 0) is 20.3 Å². The van der Waals surface area contributed by atoms with Crippen LogP contribution in [-0.4, -0.2) is 30.9 Å². The van der Waals surface area contributed by atoms with Crippen LogP contribution < -0.4 is 0 Å². The fraction of sp³-hybridized carbons (Fsp3) is 0.889. The summed E-state index contributed by atoms with van der Waals surface area (Å²) in [6.45, 7) is 9.59. The molecule has 0 spiro atoms. The van der Waals surface area contributed by atoms with Crippen molar-refractivity contribution in [2.75, 3.05) is 19.6 Å². The molecule has 0 rings (SSSR count). The van der Waals surface area contributed by atoms with Gasteiger partial charge in [-0.2, -0.15) is 0 Å². The minimum absolute atomic E-state index is 0. The van der Waals surface area contributed by atoms with Crippen molar-refractivity contribution >= 4 is 31.2 Å². The van der Waals surface area contributed by atoms with Gasteiger partial charge in [-0.3, -0.25) is 4.99 Å². The highest BCUT2D eigenvalue weighted by Crippen LogP contribution is 1.87. The van der Waals surface area contributed by atoms with Gasteiger partial charge < -0.3 is 4.90 Å². The Morgan fingerprint density at radius 3 is 2.00 bits per heavy atom. The van der Waals surface area contributed by atoms with Crippen molar-refractivity contribution in [1.29, 1.82) is 0 Å². The van der Waals surface area contributed by atoms with Crippen molar-refractivity contribution in [1.82, 2.24) is 4.90 Å². The Hall–Kier alpha value is 0.0500. The van der Waals surface area contributed by atoms with Gasteiger partial charge in [-0.1, -0.05) is 13.3 Å². The molecule has 0 aromatic carbocycles. The van der Waals surface area contributed by atoms with E-state index in [2.05, 4.69) is 30.7 Å². The summed E-state index contributed by atoms with van der Waals surface area (Å²) in [5.41, 5.74) is 0. The summed E-state index contributed by atoms with van der Waals surface area (Å²) < 4.78 is 0. The van der Waals surface area contributed by atoms with Crippen molar-refractivity contribution in [2.24, 2.45) is 4.99 Å². The lowest BCUT2D eigenvalue weighted by Crippen LogP contribution is -2.20. The molecule has 0 heterocycles. The summed E-state index contributed by atoms with van der Waals surface area (Å²) in [6, 6.07) is 0. The monoisotopic (exact) mass is 228 g/mol. The predicted octanol–water partition coefficient (Wildman–Crippen LogP) is 3.00. The molecular weight excluding hydrogens is 207 g/mol. The minimum atomic E-state index is 0. The Morgan fingerprint density at radius 2 is 1.62 bits per heavy atom. The molecule has 0 atom stereocenters. The van der Waals surface area contributed by atoms with E-state index in [1.807, 2.05) is 6.34 Å². The van der Waals surface area contributed by atoms with Crippen molar-refractivity contribution in [3.05, 3.63) is 0 Å². The van der Waals surface area contributed by atoms with E-state index in [1.54, 1.807) is 0 Å². The molecule has 0 unspecified atom stereocenters. The fourth-order valence-electron chi connectivity index (χ4n) is 0.810. The Kier molecular flexibility index (Phi) is 21.0. The zero-order valence-corrected chi connectivity index (χ0v) is 10.5. The lowest BCUT2D eigenvalue weighted by atomic mass is 10.3. The first-order valence-corrected chi connectivity index (χ1v) is 4.59. The maximum atomic E-state index is 4.30. The summed E-state index contributed by atoms with van der Waals surface area (Å²) in [7, 11) is 0. The highest BCUT2D eigenvalue weighted by Gasteiger charge is 1.88. The lowest BCUT2D eigenvalue weighted by molar-refractivity contribution is 0.477. The number of nitrogens with zero attached hydrogens (tertiary/aromatic N) is 2. The van der Waals surface area contributed by atoms with E-state index < -0.39 is 0 Å². The molecule has 0 aliphatic rings. The van der Waals surface area contributed by atoms with Crippen LogP contribution in [0.5, 0.6) is 0 Å². The van der Waals surface area contributed by atoms with E-state index in [-0.39, 0.29) is 24.8 Å². The maximum Gasteiger partial charge on any atom is 0.0849 e. The van der Waals surface area contributed by atoms with Crippen LogP contribution in [0.2, 0.25) is 0 Å². The topological polar surface area (TPSA) is 15.6 Å². The summed E-state index contributed by atoms with van der Waals surface area (Å²) in [5.74, 6) is 0. The number of unbranched alkanes of at least 4 members (excludes halogenated alkanes) is 1. The smallest absolute Gasteiger partial charge is 0.0849 e. The standard InChI is InChI=1S/C9H20N2.2ClH/c1-4-7-8-10-9-11(5-2)6-3;;/h9H,4-8H2,1-3H3;2*1H. The van der Waals surface area contributed by atoms with Gasteiger partial charge in [-0.25, -0.2) is 0 Å². The molecule has 0 aromatic rings. The second-order valence-electron chi connectivity index (χ2n) is 2.60. The van der Waals surface area contributed by atoms with Crippen molar-refractivity contribution < 1.29 is 0 Å². The first-order valence-electron chi connectivity index (χ1n) is 4.59. The predicted molar refractivity (Wildman–Crippen MR) is 65.7 cm³/mol. The second-order valence-corrected chi connectivity index (χ2v) is 2.60. The molecule has 0 bridgehead atoms. The Labute approximate surface area is 94.6 Å². The van der Waals surface area contributed by atoms with Gasteiger partial charge >= 0.3 is 0 Å². The van der Waals surface area contributed by atoms with Crippen molar-refractivity contribution in [3.8, 4) is 0 Å². The normalized spacial score (nSPS) is 9.15. The molecule has 0 radical (unpaired) electrons. The highest BCUT2D eigenvalue weighted by molar-refractivity contribution is 5.85. The summed E-state index contributed by atoms with van der Waals surface area (Å²) in [5, 5.41) is 0. The molecule has 0 fully saturated rings. The summed E-state index contributed by atoms with van der Waals surface area (Å²) in [4.78, 5) is 6.51. The molecular formula is C9H22Cl2N2. The van der Waals surface area contributed by atoms with Gasteiger partial charge in [0.2, 0.25) is 0 Å². The minimum Gasteiger partial charge on any atom is -0.364 e. The van der Waals surface area contributed by atoms with E-state index in [4.69, 9.17) is 0 Å². The molecule has 0 N–H and O–H groups in total. The van der Waals surface area contributed by atoms with Gasteiger partial charge in [0.05, 0.1) is 6.34 Å². The van der Waals surface area contributed by atoms with Crippen LogP contribution in [0.3, 0.4) is 0 Å². The second kappa shape index (κ2) is 14.6. The molecule has 0 saturated carbocycles. The van der Waals surface area contributed by atoms with Gasteiger partial charge in [-0.15, -0.1) is 24.8 Å². The first-order chi connectivity index (χ1) is 5.35. The van der Waals surface area contributed by atoms with E-state index in [9.17, 15) is 0 Å². The van der Waals surface area contributed by atoms with Crippen molar-refractivity contribution in [3.63, 3.8) is 0 Å². The van der Waals surface area contributed by atoms with E-state index in [0.29, 0.717) is 0 Å². The summed E-state index contributed by atoms with van der Waals surface area (Å²) in [6.07, 6.45) is 4.41. The van der Waals surface area contributed by atoms with Crippen LogP contribution in [0, 0.1) is 0 Å². The van der Waals surface area contributed by atoms with Crippen LogP contribution in [0.1, 0.15) is 33.6 Å². The molecule has 0 aliphatic carbocycles. The number of rotatable bonds is 6. The molecule has 0 amide bonds. The zero-order valence-electron chi connectivity index (χ0n) is 8.82. The third kappa shape index (κ3) is 12.1. The molecule has 0 aliphatic heterocycles. The maximum absolute atomic E-state index is 4.30. The van der Waals surface area contributed by atoms with Crippen LogP contribution in [0.4, 0.5) is 0 Å². The lowest BCUT2D eigenvalue weighted by Gasteiger charge is -2.13. The molecule has 13 heavy (non-hydrogen) atoms. The fourth-order valence-corrected chi connectivity index (χ4v) is 0.810. The molecule has 0 aromatic heterocycles. The van der Waals surface area contributed by atoms with E-state index in [1.165, 1.54) is 12.8 Å². The zero-order chi connectivity index (χ0) is 8.53. The van der Waals surface area contributed by atoms with Crippen LogP contribution in [0.15, 0.2) is 4.99 Å². The van der Waals surface area contributed by atoms with Crippen LogP contribution >= 0.6 is 24.8 Å². The van der Waals surface area contributed by atoms with E-state index >= 15 is 0 Å². The van der Waals surface area contributed by atoms with Crippen molar-refractivity contribution in [2.45, 2.75) is 33.6 Å². The Morgan fingerprint density at radius 1 is 1.08 bits per heavy atom. The number of hydrogen-bond donors (Lipinski definition) is 0. The molecule has 2 nitrogen and oxygen atoms in total. The average molecular weight is 229 g/mol. The van der Waals surface area contributed by atoms with Gasteiger partial charge in [0, 0.05) is 19.6 Å². The highest BCUT2D eigenvalue weighted by atomic mass is 35.5. The third-order valence-electron chi connectivity index (χ3n) is 1.70. The van der Waals surface area contributed by atoms with Crippen LogP contribution in [0.25, 0.3) is 0 Å². The average Bonchev–Trinajstić information content (AvgIpc) is 2.05. The number of hydrogen-bond acceptors (Lipinski definition) is 1. The quantitative estimate of drug-likeness (QED) is 0.388. The molecule has 0 saturated heterocycles. The third-order valence-corrected chi connectivity index (χ3v) is 1.70. The van der Waals surface area contributed by atoms with Gasteiger partial charge in [0.25, 0.3) is 0 Å². The molecule has 4 heteroatoms. The summed E-state index contributed by atoms with van der Waals surface area (Å²) >= 11 is 0. The Bertz CT molecular complexity index is 104. The number of halogens is 2. The van der Waals surface area contributed by atoms with Crippen LogP contribution in [-0.2, 0) is 0 Å². The number of aliphatic imine (C=N–C) groups is 1. The SMILES string of the molecule is CCCCN=CN(CC)CC.Cl.Cl. The first kappa shape index (κ1) is 18.8. The Balaban J connectivity index is -0.000000500. The molecule has 82 valence electrons. The van der Waals surface area contributed by atoms with Gasteiger partial charge in [0.15, 0.2) is 0 Å². The van der Waals surface area contributed by atoms with Gasteiger partial charge in [0.1, 0.15) is 0 Å². The van der Waals surface area contributed by atoms with E-state index in [0.717, 1.165) is 19.6 Å². The largest absolute Gasteiger partial charge is 0.364 e.